The van der Waals surface area contributed by atoms with Gasteiger partial charge >= 0.3 is 0 Å². The van der Waals surface area contributed by atoms with Gasteiger partial charge in [-0.25, -0.2) is 9.37 Å². The Morgan fingerprint density at radius 2 is 1.86 bits per heavy atom. The van der Waals surface area contributed by atoms with Crippen LogP contribution in [0.1, 0.15) is 36.3 Å². The quantitative estimate of drug-likeness (QED) is 0.890. The Morgan fingerprint density at radius 1 is 1.18 bits per heavy atom. The monoisotopic (exact) mass is 300 g/mol. The van der Waals surface area contributed by atoms with Crippen LogP contribution in [-0.2, 0) is 6.42 Å². The number of aromatic nitrogens is 2. The number of benzene rings is 1. The van der Waals surface area contributed by atoms with Gasteiger partial charge < -0.3 is 11.1 Å². The summed E-state index contributed by atoms with van der Waals surface area (Å²) in [5.74, 6) is 0.171. The maximum atomic E-state index is 12.9. The van der Waals surface area contributed by atoms with Gasteiger partial charge in [-0.2, -0.15) is 4.98 Å². The summed E-state index contributed by atoms with van der Waals surface area (Å²) in [7, 11) is 0. The van der Waals surface area contributed by atoms with Crippen molar-refractivity contribution in [1.82, 2.24) is 9.97 Å². The molecular weight excluding hydrogens is 283 g/mol. The molecule has 0 spiro atoms. The van der Waals surface area contributed by atoms with E-state index in [-0.39, 0.29) is 22.8 Å². The molecule has 1 aromatic carbocycles. The normalized spacial score (nSPS) is 16.2. The topological polar surface area (TPSA) is 80.9 Å². The Labute approximate surface area is 127 Å². The summed E-state index contributed by atoms with van der Waals surface area (Å²) in [6.45, 7) is 4.05. The predicted octanol–water partition coefficient (Wildman–Crippen LogP) is 3.10. The van der Waals surface area contributed by atoms with Crippen LogP contribution in [0.15, 0.2) is 24.3 Å². The second-order valence-electron chi connectivity index (χ2n) is 6.33. The number of nitrogens with two attached hydrogens (primary N) is 1. The van der Waals surface area contributed by atoms with Gasteiger partial charge in [-0.05, 0) is 36.1 Å². The number of anilines is 3. The van der Waals surface area contributed by atoms with Crippen LogP contribution in [0.5, 0.6) is 0 Å². The molecule has 0 fully saturated rings. The summed E-state index contributed by atoms with van der Waals surface area (Å²) in [4.78, 5) is 20.8. The highest BCUT2D eigenvalue weighted by Gasteiger charge is 2.34. The Hall–Kier alpha value is -2.50. The number of carbonyl (C=O) groups is 1. The van der Waals surface area contributed by atoms with Gasteiger partial charge in [-0.1, -0.05) is 13.8 Å². The number of ketones is 1. The molecule has 0 atom stereocenters. The molecule has 0 saturated heterocycles. The van der Waals surface area contributed by atoms with E-state index in [9.17, 15) is 9.18 Å². The first-order valence-corrected chi connectivity index (χ1v) is 7.06. The number of rotatable bonds is 2. The minimum atomic E-state index is -0.316. The standard InChI is InChI=1S/C16H17FN4O/c1-16(2)7-11-13(12(22)8-16)14(18)21-15(20-11)19-10-5-3-9(17)4-6-10/h3-6H,7-8H2,1-2H3,(H3,18,19,20,21). The first-order chi connectivity index (χ1) is 10.3. The zero-order valence-electron chi connectivity index (χ0n) is 12.5. The zero-order chi connectivity index (χ0) is 15.9. The third kappa shape index (κ3) is 2.77. The molecule has 3 N–H and O–H groups in total. The molecule has 1 aliphatic carbocycles. The molecule has 0 amide bonds. The molecule has 22 heavy (non-hydrogen) atoms. The Balaban J connectivity index is 1.96. The van der Waals surface area contributed by atoms with E-state index in [0.29, 0.717) is 35.7 Å². The molecule has 0 unspecified atom stereocenters. The van der Waals surface area contributed by atoms with Crippen LogP contribution in [0.4, 0.5) is 21.8 Å². The van der Waals surface area contributed by atoms with E-state index in [2.05, 4.69) is 15.3 Å². The van der Waals surface area contributed by atoms with Crippen LogP contribution in [0, 0.1) is 11.2 Å². The van der Waals surface area contributed by atoms with Crippen LogP contribution in [0.25, 0.3) is 0 Å². The van der Waals surface area contributed by atoms with E-state index < -0.39 is 0 Å². The molecule has 0 saturated carbocycles. The average molecular weight is 300 g/mol. The van der Waals surface area contributed by atoms with Crippen molar-refractivity contribution in [2.75, 3.05) is 11.1 Å². The lowest BCUT2D eigenvalue weighted by Gasteiger charge is -2.29. The lowest BCUT2D eigenvalue weighted by atomic mass is 9.76. The van der Waals surface area contributed by atoms with E-state index in [4.69, 9.17) is 5.73 Å². The maximum Gasteiger partial charge on any atom is 0.229 e. The van der Waals surface area contributed by atoms with Crippen LogP contribution in [0.3, 0.4) is 0 Å². The summed E-state index contributed by atoms with van der Waals surface area (Å²) in [5, 5.41) is 2.98. The molecule has 1 aromatic heterocycles. The smallest absolute Gasteiger partial charge is 0.229 e. The number of halogens is 1. The fourth-order valence-corrected chi connectivity index (χ4v) is 2.72. The second-order valence-corrected chi connectivity index (χ2v) is 6.33. The largest absolute Gasteiger partial charge is 0.383 e. The second kappa shape index (κ2) is 5.05. The van der Waals surface area contributed by atoms with Crippen LogP contribution >= 0.6 is 0 Å². The maximum absolute atomic E-state index is 12.9. The SMILES string of the molecule is CC1(C)CC(=O)c2c(N)nc(Nc3ccc(F)cc3)nc2C1. The van der Waals surface area contributed by atoms with E-state index in [1.165, 1.54) is 12.1 Å². The molecule has 1 aliphatic rings. The van der Waals surface area contributed by atoms with E-state index in [1.807, 2.05) is 13.8 Å². The molecule has 0 radical (unpaired) electrons. The third-order valence-electron chi connectivity index (χ3n) is 3.68. The number of nitrogen functional groups attached to an aromatic ring is 1. The highest BCUT2D eigenvalue weighted by molar-refractivity contribution is 6.02. The zero-order valence-corrected chi connectivity index (χ0v) is 12.5. The fraction of sp³-hybridized carbons (Fsp3) is 0.312. The van der Waals surface area contributed by atoms with E-state index in [0.717, 1.165) is 0 Å². The van der Waals surface area contributed by atoms with Gasteiger partial charge in [0.05, 0.1) is 11.3 Å². The molecule has 0 bridgehead atoms. The van der Waals surface area contributed by atoms with Gasteiger partial charge in [0.15, 0.2) is 5.78 Å². The van der Waals surface area contributed by atoms with Gasteiger partial charge in [-0.15, -0.1) is 0 Å². The number of fused-ring (bicyclic) bond motifs is 1. The predicted molar refractivity (Wildman–Crippen MR) is 82.6 cm³/mol. The summed E-state index contributed by atoms with van der Waals surface area (Å²) in [5.41, 5.74) is 7.54. The highest BCUT2D eigenvalue weighted by Crippen LogP contribution is 2.36. The molecule has 3 rings (SSSR count). The third-order valence-corrected chi connectivity index (χ3v) is 3.68. The number of carbonyl (C=O) groups excluding carboxylic acids is 1. The number of hydrogen-bond acceptors (Lipinski definition) is 5. The van der Waals surface area contributed by atoms with E-state index >= 15 is 0 Å². The van der Waals surface area contributed by atoms with Crippen molar-refractivity contribution in [2.45, 2.75) is 26.7 Å². The Morgan fingerprint density at radius 3 is 2.55 bits per heavy atom. The van der Waals surface area contributed by atoms with Gasteiger partial charge in [0.1, 0.15) is 11.6 Å². The van der Waals surface area contributed by atoms with E-state index in [1.54, 1.807) is 12.1 Å². The van der Waals surface area contributed by atoms with Crippen molar-refractivity contribution < 1.29 is 9.18 Å². The van der Waals surface area contributed by atoms with Crippen molar-refractivity contribution >= 4 is 23.2 Å². The molecule has 6 heteroatoms. The van der Waals surface area contributed by atoms with Crippen LogP contribution in [0.2, 0.25) is 0 Å². The molecule has 2 aromatic rings. The molecule has 5 nitrogen and oxygen atoms in total. The number of hydrogen-bond donors (Lipinski definition) is 2. The van der Waals surface area contributed by atoms with Gasteiger partial charge in [-0.3, -0.25) is 4.79 Å². The van der Waals surface area contributed by atoms with Crippen molar-refractivity contribution in [3.63, 3.8) is 0 Å². The molecule has 114 valence electrons. The minimum Gasteiger partial charge on any atom is -0.383 e. The van der Waals surface area contributed by atoms with Gasteiger partial charge in [0.25, 0.3) is 0 Å². The Kier molecular flexibility index (Phi) is 3.31. The van der Waals surface area contributed by atoms with Crippen molar-refractivity contribution in [3.05, 3.63) is 41.3 Å². The first kappa shape index (κ1) is 14.4. The number of Topliss-reactive ketones (excluding diaryl/α,β-unsaturated/α-hetero) is 1. The van der Waals surface area contributed by atoms with Crippen molar-refractivity contribution in [3.8, 4) is 0 Å². The minimum absolute atomic E-state index is 0.0166. The molecule has 1 heterocycles. The van der Waals surface area contributed by atoms with Crippen molar-refractivity contribution in [2.24, 2.45) is 5.41 Å². The van der Waals surface area contributed by atoms with Crippen LogP contribution in [-0.4, -0.2) is 15.8 Å². The van der Waals surface area contributed by atoms with Gasteiger partial charge in [0, 0.05) is 12.1 Å². The average Bonchev–Trinajstić information content (AvgIpc) is 2.38. The highest BCUT2D eigenvalue weighted by atomic mass is 19.1. The lowest BCUT2D eigenvalue weighted by molar-refractivity contribution is 0.0911. The van der Waals surface area contributed by atoms with Crippen LogP contribution < -0.4 is 11.1 Å². The summed E-state index contributed by atoms with van der Waals surface area (Å²) in [6, 6.07) is 5.86. The Bertz CT molecular complexity index is 741. The summed E-state index contributed by atoms with van der Waals surface area (Å²) < 4.78 is 12.9. The summed E-state index contributed by atoms with van der Waals surface area (Å²) >= 11 is 0. The van der Waals surface area contributed by atoms with Crippen molar-refractivity contribution in [1.29, 1.82) is 0 Å². The lowest BCUT2D eigenvalue weighted by Crippen LogP contribution is -2.29. The summed E-state index contributed by atoms with van der Waals surface area (Å²) in [6.07, 6.45) is 1.11. The number of nitrogens with one attached hydrogen (secondary N) is 1. The fourth-order valence-electron chi connectivity index (χ4n) is 2.72. The molecule has 0 aliphatic heterocycles. The first-order valence-electron chi connectivity index (χ1n) is 7.06. The van der Waals surface area contributed by atoms with Gasteiger partial charge in [0.2, 0.25) is 5.95 Å². The number of nitrogens with zero attached hydrogens (tertiary/aromatic N) is 2. The molecular formula is C16H17FN4O.